The first kappa shape index (κ1) is 20.7. The van der Waals surface area contributed by atoms with Crippen molar-refractivity contribution in [1.82, 2.24) is 9.55 Å². The Labute approximate surface area is 177 Å². The van der Waals surface area contributed by atoms with Gasteiger partial charge in [0.25, 0.3) is 11.5 Å². The van der Waals surface area contributed by atoms with Crippen LogP contribution in [0.1, 0.15) is 41.0 Å². The first-order chi connectivity index (χ1) is 14.9. The van der Waals surface area contributed by atoms with Crippen molar-refractivity contribution in [3.8, 4) is 0 Å². The van der Waals surface area contributed by atoms with Crippen LogP contribution in [0, 0.1) is 12.7 Å². The summed E-state index contributed by atoms with van der Waals surface area (Å²) < 4.78 is 20.4. The number of hydrogen-bond acceptors (Lipinski definition) is 5. The lowest BCUT2D eigenvalue weighted by Crippen LogP contribution is -2.25. The van der Waals surface area contributed by atoms with Gasteiger partial charge in [-0.1, -0.05) is 12.5 Å². The number of nitrogens with one attached hydrogen (secondary N) is 1. The molecule has 0 aliphatic carbocycles. The average Bonchev–Trinajstić information content (AvgIpc) is 3.00. The molecule has 3 aromatic rings. The molecule has 1 N–H and O–H groups in total. The number of ether oxygens (including phenoxy) is 1. The van der Waals surface area contributed by atoms with E-state index in [-0.39, 0.29) is 16.8 Å². The predicted molar refractivity (Wildman–Crippen MR) is 114 cm³/mol. The lowest BCUT2D eigenvalue weighted by molar-refractivity contribution is -0.119. The fourth-order valence-corrected chi connectivity index (χ4v) is 3.63. The molecule has 0 unspecified atom stereocenters. The van der Waals surface area contributed by atoms with Crippen molar-refractivity contribution in [3.05, 3.63) is 69.5 Å². The Morgan fingerprint density at radius 3 is 2.81 bits per heavy atom. The molecule has 8 heteroatoms. The van der Waals surface area contributed by atoms with Crippen molar-refractivity contribution in [2.24, 2.45) is 0 Å². The fraction of sp³-hybridized carbons (Fsp3) is 0.304. The summed E-state index contributed by atoms with van der Waals surface area (Å²) in [7, 11) is 0. The fourth-order valence-electron chi connectivity index (χ4n) is 3.63. The molecule has 1 amide bonds. The van der Waals surface area contributed by atoms with Gasteiger partial charge in [-0.05, 0) is 55.7 Å². The van der Waals surface area contributed by atoms with Crippen molar-refractivity contribution < 1.29 is 18.7 Å². The Balaban J connectivity index is 1.46. The maximum atomic E-state index is 13.6. The van der Waals surface area contributed by atoms with Crippen LogP contribution in [0.5, 0.6) is 0 Å². The minimum Gasteiger partial charge on any atom is -0.452 e. The number of aromatic nitrogens is 2. The van der Waals surface area contributed by atoms with E-state index in [1.54, 1.807) is 29.7 Å². The molecule has 0 spiro atoms. The van der Waals surface area contributed by atoms with Gasteiger partial charge in [-0.3, -0.25) is 14.2 Å². The third kappa shape index (κ3) is 4.47. The standard InChI is InChI=1S/C23H22FN3O4/c1-14-6-8-16(12-18(14)24)25-21(28)13-31-23(30)15-7-9-17-19(11-15)26-20-5-3-2-4-10-27(20)22(17)29/h6-9,11-12H,2-5,10,13H2,1H3,(H,25,28). The largest absolute Gasteiger partial charge is 0.452 e. The smallest absolute Gasteiger partial charge is 0.338 e. The van der Waals surface area contributed by atoms with E-state index >= 15 is 0 Å². The average molecular weight is 423 g/mol. The quantitative estimate of drug-likeness (QED) is 0.650. The molecule has 160 valence electrons. The molecule has 31 heavy (non-hydrogen) atoms. The summed E-state index contributed by atoms with van der Waals surface area (Å²) in [5.41, 5.74) is 1.27. The summed E-state index contributed by atoms with van der Waals surface area (Å²) in [6, 6.07) is 8.87. The third-order valence-corrected chi connectivity index (χ3v) is 5.34. The molecule has 0 saturated carbocycles. The Bertz CT molecular complexity index is 1240. The molecule has 1 aliphatic heterocycles. The number of amides is 1. The van der Waals surface area contributed by atoms with E-state index in [2.05, 4.69) is 10.3 Å². The number of carbonyl (C=O) groups is 2. The molecule has 1 aliphatic rings. The monoisotopic (exact) mass is 423 g/mol. The first-order valence-electron chi connectivity index (χ1n) is 10.2. The highest BCUT2D eigenvalue weighted by Gasteiger charge is 2.16. The second-order valence-corrected chi connectivity index (χ2v) is 7.62. The van der Waals surface area contributed by atoms with Crippen LogP contribution in [0.25, 0.3) is 10.9 Å². The maximum Gasteiger partial charge on any atom is 0.338 e. The van der Waals surface area contributed by atoms with E-state index < -0.39 is 24.3 Å². The Hall–Kier alpha value is -3.55. The van der Waals surface area contributed by atoms with Crippen molar-refractivity contribution in [1.29, 1.82) is 0 Å². The Morgan fingerprint density at radius 1 is 1.16 bits per heavy atom. The van der Waals surface area contributed by atoms with Crippen LogP contribution in [0.4, 0.5) is 10.1 Å². The zero-order valence-electron chi connectivity index (χ0n) is 17.1. The van der Waals surface area contributed by atoms with Crippen molar-refractivity contribution in [3.63, 3.8) is 0 Å². The Morgan fingerprint density at radius 2 is 2.00 bits per heavy atom. The zero-order valence-corrected chi connectivity index (χ0v) is 17.1. The SMILES string of the molecule is Cc1ccc(NC(=O)COC(=O)c2ccc3c(=O)n4c(nc3c2)CCCCC4)cc1F. The number of hydrogen-bond donors (Lipinski definition) is 1. The van der Waals surface area contributed by atoms with Gasteiger partial charge in [0.2, 0.25) is 0 Å². The van der Waals surface area contributed by atoms with Crippen LogP contribution < -0.4 is 10.9 Å². The molecule has 0 saturated heterocycles. The van der Waals surface area contributed by atoms with E-state index in [0.29, 0.717) is 23.0 Å². The molecular formula is C23H22FN3O4. The van der Waals surface area contributed by atoms with E-state index in [1.165, 1.54) is 18.2 Å². The predicted octanol–water partition coefficient (Wildman–Crippen LogP) is 3.37. The third-order valence-electron chi connectivity index (χ3n) is 5.34. The number of carbonyl (C=O) groups excluding carboxylic acids is 2. The molecule has 1 aromatic heterocycles. The number of halogens is 1. The molecule has 0 fully saturated rings. The number of esters is 1. The van der Waals surface area contributed by atoms with E-state index in [9.17, 15) is 18.8 Å². The number of nitrogens with zero attached hydrogens (tertiary/aromatic N) is 2. The van der Waals surface area contributed by atoms with E-state index in [4.69, 9.17) is 4.74 Å². The summed E-state index contributed by atoms with van der Waals surface area (Å²) in [6.07, 6.45) is 3.69. The van der Waals surface area contributed by atoms with Crippen LogP contribution in [0.3, 0.4) is 0 Å². The van der Waals surface area contributed by atoms with Crippen LogP contribution in [-0.4, -0.2) is 28.0 Å². The highest BCUT2D eigenvalue weighted by molar-refractivity contribution is 5.97. The highest BCUT2D eigenvalue weighted by atomic mass is 19.1. The van der Waals surface area contributed by atoms with Gasteiger partial charge in [-0.15, -0.1) is 0 Å². The molecule has 0 bridgehead atoms. The number of anilines is 1. The lowest BCUT2D eigenvalue weighted by atomic mass is 10.1. The lowest BCUT2D eigenvalue weighted by Gasteiger charge is -2.11. The molecule has 2 aromatic carbocycles. The maximum absolute atomic E-state index is 13.6. The number of benzene rings is 2. The van der Waals surface area contributed by atoms with Gasteiger partial charge in [-0.25, -0.2) is 14.2 Å². The van der Waals surface area contributed by atoms with Crippen molar-refractivity contribution in [2.45, 2.75) is 39.2 Å². The van der Waals surface area contributed by atoms with Crippen LogP contribution >= 0.6 is 0 Å². The molecule has 0 radical (unpaired) electrons. The number of rotatable bonds is 4. The second kappa shape index (κ2) is 8.67. The summed E-state index contributed by atoms with van der Waals surface area (Å²) in [5.74, 6) is -0.999. The van der Waals surface area contributed by atoms with Gasteiger partial charge in [-0.2, -0.15) is 0 Å². The highest BCUT2D eigenvalue weighted by Crippen LogP contribution is 2.17. The van der Waals surface area contributed by atoms with Gasteiger partial charge >= 0.3 is 5.97 Å². The van der Waals surface area contributed by atoms with E-state index in [0.717, 1.165) is 31.5 Å². The normalized spacial score (nSPS) is 13.4. The zero-order chi connectivity index (χ0) is 22.0. The Kier molecular flexibility index (Phi) is 5.79. The molecule has 2 heterocycles. The molecule has 4 rings (SSSR count). The van der Waals surface area contributed by atoms with E-state index in [1.807, 2.05) is 0 Å². The van der Waals surface area contributed by atoms with Crippen molar-refractivity contribution >= 4 is 28.5 Å². The van der Waals surface area contributed by atoms with Crippen LogP contribution in [0.2, 0.25) is 0 Å². The topological polar surface area (TPSA) is 90.3 Å². The van der Waals surface area contributed by atoms with Crippen molar-refractivity contribution in [2.75, 3.05) is 11.9 Å². The van der Waals surface area contributed by atoms with Gasteiger partial charge in [0.15, 0.2) is 6.61 Å². The van der Waals surface area contributed by atoms with Gasteiger partial charge in [0, 0.05) is 18.7 Å². The summed E-state index contributed by atoms with van der Waals surface area (Å²) >= 11 is 0. The second-order valence-electron chi connectivity index (χ2n) is 7.62. The molecular weight excluding hydrogens is 401 g/mol. The minimum absolute atomic E-state index is 0.105. The molecule has 0 atom stereocenters. The number of fused-ring (bicyclic) bond motifs is 2. The summed E-state index contributed by atoms with van der Waals surface area (Å²) in [4.78, 5) is 41.8. The van der Waals surface area contributed by atoms with Gasteiger partial charge < -0.3 is 10.1 Å². The first-order valence-corrected chi connectivity index (χ1v) is 10.2. The van der Waals surface area contributed by atoms with Crippen LogP contribution in [0.15, 0.2) is 41.2 Å². The van der Waals surface area contributed by atoms with Gasteiger partial charge in [0.1, 0.15) is 11.6 Å². The van der Waals surface area contributed by atoms with Gasteiger partial charge in [0.05, 0.1) is 16.5 Å². The summed E-state index contributed by atoms with van der Waals surface area (Å²) in [5, 5.41) is 2.93. The molecule has 7 nitrogen and oxygen atoms in total. The minimum atomic E-state index is -0.705. The number of aryl methyl sites for hydroxylation is 2. The van der Waals surface area contributed by atoms with Crippen LogP contribution in [-0.2, 0) is 22.5 Å². The summed E-state index contributed by atoms with van der Waals surface area (Å²) in [6.45, 7) is 1.75.